The summed E-state index contributed by atoms with van der Waals surface area (Å²) in [5.41, 5.74) is 1.60. The molecule has 0 atom stereocenters. The van der Waals surface area contributed by atoms with E-state index in [1.807, 2.05) is 65.6 Å². The summed E-state index contributed by atoms with van der Waals surface area (Å²) in [5.74, 6) is 0.0200. The minimum absolute atomic E-state index is 0.0200. The molecule has 2 aromatic carbocycles. The third kappa shape index (κ3) is 4.05. The van der Waals surface area contributed by atoms with E-state index in [0.717, 1.165) is 23.0 Å². The van der Waals surface area contributed by atoms with Gasteiger partial charge in [0.05, 0.1) is 5.69 Å². The van der Waals surface area contributed by atoms with E-state index in [1.165, 1.54) is 0 Å². The maximum Gasteiger partial charge on any atom is 0.258 e. The highest BCUT2D eigenvalue weighted by Gasteiger charge is 2.18. The van der Waals surface area contributed by atoms with Crippen LogP contribution in [-0.2, 0) is 0 Å². The summed E-state index contributed by atoms with van der Waals surface area (Å²) >= 11 is 3.53. The molecular weight excluding hydrogens is 326 g/mol. The number of nitrogens with zero attached hydrogens (tertiary/aromatic N) is 1. The Morgan fingerprint density at radius 1 is 1.10 bits per heavy atom. The van der Waals surface area contributed by atoms with Gasteiger partial charge in [-0.3, -0.25) is 4.79 Å². The molecule has 0 saturated carbocycles. The summed E-state index contributed by atoms with van der Waals surface area (Å²) in [4.78, 5) is 14.6. The number of hydrogen-bond acceptors (Lipinski definition) is 1. The zero-order chi connectivity index (χ0) is 15.1. The van der Waals surface area contributed by atoms with Gasteiger partial charge in [-0.1, -0.05) is 36.4 Å². The molecule has 0 aliphatic carbocycles. The zero-order valence-electron chi connectivity index (χ0n) is 11.8. The Bertz CT molecular complexity index is 610. The van der Waals surface area contributed by atoms with E-state index in [-0.39, 0.29) is 5.91 Å². The van der Waals surface area contributed by atoms with Gasteiger partial charge in [-0.05, 0) is 53.0 Å². The summed E-state index contributed by atoms with van der Waals surface area (Å²) < 4.78 is 0.924. The van der Waals surface area contributed by atoms with Crippen molar-refractivity contribution >= 4 is 27.5 Å². The zero-order valence-corrected chi connectivity index (χ0v) is 13.4. The first kappa shape index (κ1) is 15.5. The normalized spacial score (nSPS) is 10.1. The molecule has 21 heavy (non-hydrogen) atoms. The van der Waals surface area contributed by atoms with Gasteiger partial charge < -0.3 is 4.90 Å². The number of halogens is 1. The van der Waals surface area contributed by atoms with Crippen LogP contribution in [0, 0.1) is 0 Å². The molecule has 0 aromatic heterocycles. The molecule has 3 heteroatoms. The molecule has 2 aromatic rings. The van der Waals surface area contributed by atoms with E-state index in [2.05, 4.69) is 22.5 Å². The summed E-state index contributed by atoms with van der Waals surface area (Å²) in [6, 6.07) is 17.2. The lowest BCUT2D eigenvalue weighted by Crippen LogP contribution is -2.32. The number of carbonyl (C=O) groups excluding carboxylic acids is 1. The van der Waals surface area contributed by atoms with Crippen LogP contribution in [0.25, 0.3) is 0 Å². The van der Waals surface area contributed by atoms with Crippen molar-refractivity contribution in [3.63, 3.8) is 0 Å². The van der Waals surface area contributed by atoms with Crippen LogP contribution in [0.2, 0.25) is 0 Å². The Balaban J connectivity index is 2.30. The predicted molar refractivity (Wildman–Crippen MR) is 91.7 cm³/mol. The number of rotatable bonds is 6. The molecule has 2 nitrogen and oxygen atoms in total. The molecule has 0 fully saturated rings. The van der Waals surface area contributed by atoms with Crippen LogP contribution in [0.15, 0.2) is 71.7 Å². The van der Waals surface area contributed by atoms with E-state index in [9.17, 15) is 4.79 Å². The molecule has 0 N–H and O–H groups in total. The Kier molecular flexibility index (Phi) is 5.76. The first-order valence-electron chi connectivity index (χ1n) is 6.96. The average Bonchev–Trinajstić information content (AvgIpc) is 2.53. The fourth-order valence-electron chi connectivity index (χ4n) is 2.13. The second-order valence-electron chi connectivity index (χ2n) is 4.71. The molecule has 108 valence electrons. The van der Waals surface area contributed by atoms with Crippen molar-refractivity contribution in [3.8, 4) is 0 Å². The molecule has 0 aliphatic heterocycles. The Labute approximate surface area is 134 Å². The first-order chi connectivity index (χ1) is 10.2. The van der Waals surface area contributed by atoms with E-state index < -0.39 is 0 Å². The van der Waals surface area contributed by atoms with Crippen molar-refractivity contribution in [1.82, 2.24) is 0 Å². The monoisotopic (exact) mass is 343 g/mol. The maximum atomic E-state index is 12.8. The summed E-state index contributed by atoms with van der Waals surface area (Å²) in [5, 5.41) is 0. The topological polar surface area (TPSA) is 20.3 Å². The lowest BCUT2D eigenvalue weighted by molar-refractivity contribution is 0.0986. The third-order valence-corrected chi connectivity index (χ3v) is 3.87. The van der Waals surface area contributed by atoms with Gasteiger partial charge in [0.2, 0.25) is 0 Å². The average molecular weight is 344 g/mol. The molecule has 0 saturated heterocycles. The van der Waals surface area contributed by atoms with Crippen molar-refractivity contribution < 1.29 is 4.79 Å². The summed E-state index contributed by atoms with van der Waals surface area (Å²) in [6.45, 7) is 4.41. The highest BCUT2D eigenvalue weighted by molar-refractivity contribution is 9.10. The van der Waals surface area contributed by atoms with Gasteiger partial charge in [0.1, 0.15) is 0 Å². The molecule has 0 bridgehead atoms. The number of para-hydroxylation sites is 1. The number of benzene rings is 2. The van der Waals surface area contributed by atoms with Crippen molar-refractivity contribution in [2.75, 3.05) is 11.4 Å². The van der Waals surface area contributed by atoms with Crippen LogP contribution < -0.4 is 4.90 Å². The summed E-state index contributed by atoms with van der Waals surface area (Å²) in [7, 11) is 0. The molecule has 0 aliphatic rings. The van der Waals surface area contributed by atoms with Crippen LogP contribution in [0.3, 0.4) is 0 Å². The van der Waals surface area contributed by atoms with E-state index >= 15 is 0 Å². The Hall–Kier alpha value is -1.87. The van der Waals surface area contributed by atoms with Crippen LogP contribution in [0.5, 0.6) is 0 Å². The van der Waals surface area contributed by atoms with Gasteiger partial charge in [0, 0.05) is 16.6 Å². The molecule has 2 rings (SSSR count). The van der Waals surface area contributed by atoms with E-state index in [0.29, 0.717) is 12.1 Å². The standard InChI is InChI=1S/C18H18BrNO/c1-2-3-9-14-20(17-13-8-7-12-16(17)19)18(21)15-10-5-4-6-11-15/h2,4-8,10-13H,1,3,9,14H2. The molecule has 0 radical (unpaired) electrons. The van der Waals surface area contributed by atoms with E-state index in [1.54, 1.807) is 0 Å². The highest BCUT2D eigenvalue weighted by Crippen LogP contribution is 2.27. The number of anilines is 1. The fraction of sp³-hybridized carbons (Fsp3) is 0.167. The number of amides is 1. The minimum atomic E-state index is 0.0200. The van der Waals surface area contributed by atoms with Gasteiger partial charge in [-0.25, -0.2) is 0 Å². The van der Waals surface area contributed by atoms with E-state index in [4.69, 9.17) is 0 Å². The van der Waals surface area contributed by atoms with Crippen molar-refractivity contribution in [1.29, 1.82) is 0 Å². The number of unbranched alkanes of at least 4 members (excludes halogenated alkanes) is 1. The second kappa shape index (κ2) is 7.79. The van der Waals surface area contributed by atoms with Gasteiger partial charge in [0.15, 0.2) is 0 Å². The Morgan fingerprint density at radius 3 is 2.43 bits per heavy atom. The lowest BCUT2D eigenvalue weighted by Gasteiger charge is -2.24. The second-order valence-corrected chi connectivity index (χ2v) is 5.56. The number of allylic oxidation sites excluding steroid dienone is 1. The third-order valence-electron chi connectivity index (χ3n) is 3.20. The molecular formula is C18H18BrNO. The molecule has 1 amide bonds. The van der Waals surface area contributed by atoms with Gasteiger partial charge >= 0.3 is 0 Å². The number of hydrogen-bond donors (Lipinski definition) is 0. The molecule has 0 spiro atoms. The summed E-state index contributed by atoms with van der Waals surface area (Å²) in [6.07, 6.45) is 3.66. The van der Waals surface area contributed by atoms with Crippen LogP contribution in [-0.4, -0.2) is 12.5 Å². The van der Waals surface area contributed by atoms with Crippen molar-refractivity contribution in [2.45, 2.75) is 12.8 Å². The van der Waals surface area contributed by atoms with Crippen LogP contribution in [0.4, 0.5) is 5.69 Å². The van der Waals surface area contributed by atoms with Crippen molar-refractivity contribution in [2.24, 2.45) is 0 Å². The van der Waals surface area contributed by atoms with Gasteiger partial charge in [-0.2, -0.15) is 0 Å². The lowest BCUT2D eigenvalue weighted by atomic mass is 10.1. The van der Waals surface area contributed by atoms with Crippen molar-refractivity contribution in [3.05, 3.63) is 77.3 Å². The smallest absolute Gasteiger partial charge is 0.258 e. The highest BCUT2D eigenvalue weighted by atomic mass is 79.9. The number of carbonyl (C=O) groups is 1. The predicted octanol–water partition coefficient (Wildman–Crippen LogP) is 5.06. The Morgan fingerprint density at radius 2 is 1.76 bits per heavy atom. The SMILES string of the molecule is C=CCCCN(C(=O)c1ccccc1)c1ccccc1Br. The van der Waals surface area contributed by atoms with Gasteiger partial charge in [0.25, 0.3) is 5.91 Å². The largest absolute Gasteiger partial charge is 0.307 e. The maximum absolute atomic E-state index is 12.8. The first-order valence-corrected chi connectivity index (χ1v) is 7.75. The minimum Gasteiger partial charge on any atom is -0.307 e. The van der Waals surface area contributed by atoms with Crippen LogP contribution >= 0.6 is 15.9 Å². The molecule has 0 unspecified atom stereocenters. The quantitative estimate of drug-likeness (QED) is 0.530. The fourth-order valence-corrected chi connectivity index (χ4v) is 2.63. The van der Waals surface area contributed by atoms with Crippen LogP contribution in [0.1, 0.15) is 23.2 Å². The van der Waals surface area contributed by atoms with Gasteiger partial charge in [-0.15, -0.1) is 6.58 Å². The molecule has 0 heterocycles.